The summed E-state index contributed by atoms with van der Waals surface area (Å²) in [6, 6.07) is 11.0. The second kappa shape index (κ2) is 5.72. The first-order valence-electron chi connectivity index (χ1n) is 7.09. The van der Waals surface area contributed by atoms with Crippen molar-refractivity contribution in [2.75, 3.05) is 39.3 Å². The maximum absolute atomic E-state index is 11.8. The molecular weight excluding hydrogens is 238 g/mol. The smallest absolute Gasteiger partial charge is 0.236 e. The molecule has 2 heterocycles. The Bertz CT molecular complexity index is 434. The Morgan fingerprint density at radius 3 is 2.89 bits per heavy atom. The van der Waals surface area contributed by atoms with Gasteiger partial charge in [-0.2, -0.15) is 0 Å². The van der Waals surface area contributed by atoms with Crippen molar-refractivity contribution in [2.24, 2.45) is 0 Å². The van der Waals surface area contributed by atoms with Gasteiger partial charge in [-0.05, 0) is 12.0 Å². The summed E-state index contributed by atoms with van der Waals surface area (Å²) in [5, 5.41) is 3.21. The van der Waals surface area contributed by atoms with Crippen LogP contribution in [0.25, 0.3) is 0 Å². The molecule has 1 aromatic rings. The average molecular weight is 259 g/mol. The van der Waals surface area contributed by atoms with Crippen molar-refractivity contribution in [2.45, 2.75) is 12.5 Å². The van der Waals surface area contributed by atoms with Crippen LogP contribution in [-0.4, -0.2) is 61.0 Å². The normalized spacial score (nSPS) is 24.3. The number of hydrogen-bond donors (Lipinski definition) is 1. The van der Waals surface area contributed by atoms with Gasteiger partial charge in [0.05, 0.1) is 12.6 Å². The van der Waals surface area contributed by atoms with E-state index in [0.717, 1.165) is 39.1 Å². The van der Waals surface area contributed by atoms with Crippen LogP contribution in [0.1, 0.15) is 5.56 Å². The molecule has 4 nitrogen and oxygen atoms in total. The Morgan fingerprint density at radius 2 is 2.05 bits per heavy atom. The number of amides is 1. The minimum atomic E-state index is 0.263. The van der Waals surface area contributed by atoms with Gasteiger partial charge in [0.25, 0.3) is 0 Å². The summed E-state index contributed by atoms with van der Waals surface area (Å²) >= 11 is 0. The van der Waals surface area contributed by atoms with Crippen LogP contribution in [0, 0.1) is 0 Å². The van der Waals surface area contributed by atoms with Crippen LogP contribution < -0.4 is 5.32 Å². The fraction of sp³-hybridized carbons (Fsp3) is 0.533. The van der Waals surface area contributed by atoms with Crippen LogP contribution in [0.15, 0.2) is 30.3 Å². The standard InChI is InChI=1S/C15H21N3O/c19-15-11-16-10-14-12-17(8-9-18(14)15)7-6-13-4-2-1-3-5-13/h1-5,14,16H,6-12H2. The Kier molecular flexibility index (Phi) is 3.80. The molecule has 0 aromatic heterocycles. The first-order chi connectivity index (χ1) is 9.33. The van der Waals surface area contributed by atoms with E-state index < -0.39 is 0 Å². The lowest BCUT2D eigenvalue weighted by atomic mass is 10.1. The maximum atomic E-state index is 11.8. The van der Waals surface area contributed by atoms with Crippen molar-refractivity contribution in [1.29, 1.82) is 0 Å². The highest BCUT2D eigenvalue weighted by Crippen LogP contribution is 2.13. The van der Waals surface area contributed by atoms with Crippen molar-refractivity contribution in [3.63, 3.8) is 0 Å². The zero-order valence-electron chi connectivity index (χ0n) is 11.2. The molecule has 0 radical (unpaired) electrons. The zero-order valence-corrected chi connectivity index (χ0v) is 11.2. The molecule has 19 heavy (non-hydrogen) atoms. The van der Waals surface area contributed by atoms with Crippen LogP contribution in [0.4, 0.5) is 0 Å². The van der Waals surface area contributed by atoms with Crippen LogP contribution in [0.3, 0.4) is 0 Å². The van der Waals surface area contributed by atoms with Gasteiger partial charge in [-0.1, -0.05) is 30.3 Å². The number of piperazine rings is 2. The van der Waals surface area contributed by atoms with E-state index in [4.69, 9.17) is 0 Å². The molecule has 4 heteroatoms. The SMILES string of the molecule is O=C1CNCC2CN(CCc3ccccc3)CCN12. The van der Waals surface area contributed by atoms with Crippen LogP contribution in [-0.2, 0) is 11.2 Å². The van der Waals surface area contributed by atoms with E-state index in [-0.39, 0.29) is 5.91 Å². The molecule has 1 atom stereocenters. The molecule has 1 aromatic carbocycles. The van der Waals surface area contributed by atoms with Gasteiger partial charge in [-0.25, -0.2) is 0 Å². The minimum Gasteiger partial charge on any atom is -0.335 e. The molecule has 0 spiro atoms. The van der Waals surface area contributed by atoms with Crippen molar-refractivity contribution in [3.8, 4) is 0 Å². The van der Waals surface area contributed by atoms with Crippen LogP contribution in [0.2, 0.25) is 0 Å². The highest BCUT2D eigenvalue weighted by Gasteiger charge is 2.32. The predicted molar refractivity (Wildman–Crippen MR) is 75.0 cm³/mol. The van der Waals surface area contributed by atoms with Crippen LogP contribution >= 0.6 is 0 Å². The van der Waals surface area contributed by atoms with E-state index in [1.807, 2.05) is 0 Å². The van der Waals surface area contributed by atoms with Gasteiger partial charge in [0, 0.05) is 32.7 Å². The number of nitrogens with one attached hydrogen (secondary N) is 1. The molecule has 2 fully saturated rings. The topological polar surface area (TPSA) is 35.6 Å². The van der Waals surface area contributed by atoms with Gasteiger partial charge in [0.1, 0.15) is 0 Å². The fourth-order valence-electron chi connectivity index (χ4n) is 3.00. The molecule has 2 aliphatic heterocycles. The molecule has 1 amide bonds. The van der Waals surface area contributed by atoms with E-state index in [1.54, 1.807) is 0 Å². The second-order valence-electron chi connectivity index (χ2n) is 5.41. The number of rotatable bonds is 3. The highest BCUT2D eigenvalue weighted by molar-refractivity contribution is 5.79. The van der Waals surface area contributed by atoms with Crippen molar-refractivity contribution >= 4 is 5.91 Å². The van der Waals surface area contributed by atoms with Gasteiger partial charge < -0.3 is 10.2 Å². The number of nitrogens with zero attached hydrogens (tertiary/aromatic N) is 2. The molecule has 102 valence electrons. The Balaban J connectivity index is 1.52. The number of carbonyl (C=O) groups excluding carboxylic acids is 1. The summed E-state index contributed by atoms with van der Waals surface area (Å²) in [5.74, 6) is 0.263. The number of fused-ring (bicyclic) bond motifs is 1. The van der Waals surface area contributed by atoms with Gasteiger partial charge in [-0.15, -0.1) is 0 Å². The number of hydrogen-bond acceptors (Lipinski definition) is 3. The Labute approximate surface area is 114 Å². The third-order valence-electron chi connectivity index (χ3n) is 4.10. The van der Waals surface area contributed by atoms with Gasteiger partial charge >= 0.3 is 0 Å². The Morgan fingerprint density at radius 1 is 1.21 bits per heavy atom. The average Bonchev–Trinajstić information content (AvgIpc) is 2.46. The summed E-state index contributed by atoms with van der Waals surface area (Å²) in [7, 11) is 0. The minimum absolute atomic E-state index is 0.263. The molecule has 1 unspecified atom stereocenters. The molecule has 0 saturated carbocycles. The number of benzene rings is 1. The summed E-state index contributed by atoms with van der Waals surface area (Å²) in [5.41, 5.74) is 1.39. The first-order valence-corrected chi connectivity index (χ1v) is 7.09. The van der Waals surface area contributed by atoms with E-state index in [1.165, 1.54) is 5.56 Å². The number of carbonyl (C=O) groups is 1. The highest BCUT2D eigenvalue weighted by atomic mass is 16.2. The third kappa shape index (κ3) is 2.96. The molecule has 2 saturated heterocycles. The lowest BCUT2D eigenvalue weighted by molar-refractivity contribution is -0.137. The lowest BCUT2D eigenvalue weighted by Gasteiger charge is -2.44. The predicted octanol–water partition coefficient (Wildman–Crippen LogP) is 0.345. The zero-order chi connectivity index (χ0) is 13.1. The summed E-state index contributed by atoms with van der Waals surface area (Å²) in [4.78, 5) is 16.3. The van der Waals surface area contributed by atoms with Gasteiger partial charge in [0.2, 0.25) is 5.91 Å². The molecular formula is C15H21N3O. The van der Waals surface area contributed by atoms with Crippen molar-refractivity contribution in [3.05, 3.63) is 35.9 Å². The quantitative estimate of drug-likeness (QED) is 0.850. The molecule has 1 N–H and O–H groups in total. The first kappa shape index (κ1) is 12.6. The van der Waals surface area contributed by atoms with E-state index in [0.29, 0.717) is 12.6 Å². The van der Waals surface area contributed by atoms with E-state index >= 15 is 0 Å². The Hall–Kier alpha value is -1.39. The largest absolute Gasteiger partial charge is 0.335 e. The maximum Gasteiger partial charge on any atom is 0.236 e. The van der Waals surface area contributed by atoms with E-state index in [2.05, 4.69) is 45.4 Å². The summed E-state index contributed by atoms with van der Waals surface area (Å²) in [6.45, 7) is 5.44. The lowest BCUT2D eigenvalue weighted by Crippen LogP contribution is -2.63. The molecule has 0 bridgehead atoms. The molecule has 0 aliphatic carbocycles. The molecule has 2 aliphatic rings. The van der Waals surface area contributed by atoms with Crippen molar-refractivity contribution in [1.82, 2.24) is 15.1 Å². The molecule has 3 rings (SSSR count). The van der Waals surface area contributed by atoms with Gasteiger partial charge in [-0.3, -0.25) is 9.69 Å². The second-order valence-corrected chi connectivity index (χ2v) is 5.41. The third-order valence-corrected chi connectivity index (χ3v) is 4.10. The van der Waals surface area contributed by atoms with Crippen LogP contribution in [0.5, 0.6) is 0 Å². The summed E-state index contributed by atoms with van der Waals surface area (Å²) < 4.78 is 0. The van der Waals surface area contributed by atoms with Gasteiger partial charge in [0.15, 0.2) is 0 Å². The fourth-order valence-corrected chi connectivity index (χ4v) is 3.00. The van der Waals surface area contributed by atoms with E-state index in [9.17, 15) is 4.79 Å². The van der Waals surface area contributed by atoms with Crippen molar-refractivity contribution < 1.29 is 4.79 Å². The summed E-state index contributed by atoms with van der Waals surface area (Å²) in [6.07, 6.45) is 1.09. The monoisotopic (exact) mass is 259 g/mol.